The Hall–Kier alpha value is -1.00. The maximum atomic E-state index is 9.06. The van der Waals surface area contributed by atoms with Gasteiger partial charge in [0.1, 0.15) is 0 Å². The van der Waals surface area contributed by atoms with Crippen LogP contribution >= 0.6 is 11.6 Å². The van der Waals surface area contributed by atoms with Crippen LogP contribution in [0.15, 0.2) is 12.1 Å². The molecule has 1 rings (SSSR count). The van der Waals surface area contributed by atoms with Crippen molar-refractivity contribution in [3.05, 3.63) is 33.8 Å². The van der Waals surface area contributed by atoms with Crippen LogP contribution in [0.3, 0.4) is 0 Å². The van der Waals surface area contributed by atoms with Crippen LogP contribution in [-0.4, -0.2) is 0 Å². The second-order valence-corrected chi connectivity index (χ2v) is 4.58. The zero-order valence-electron chi connectivity index (χ0n) is 8.98. The lowest BCUT2D eigenvalue weighted by molar-refractivity contribution is 0.681. The molecule has 0 fully saturated rings. The maximum absolute atomic E-state index is 9.06. The van der Waals surface area contributed by atoms with E-state index in [1.807, 2.05) is 33.8 Å². The normalized spacial score (nSPS) is 11.1. The van der Waals surface area contributed by atoms with Crippen molar-refractivity contribution < 1.29 is 0 Å². The summed E-state index contributed by atoms with van der Waals surface area (Å²) in [6.07, 6.45) is 0. The van der Waals surface area contributed by atoms with E-state index in [2.05, 4.69) is 12.1 Å². The highest BCUT2D eigenvalue weighted by Gasteiger charge is 2.24. The van der Waals surface area contributed by atoms with Crippen LogP contribution in [0.4, 0.5) is 0 Å². The van der Waals surface area contributed by atoms with Gasteiger partial charge >= 0.3 is 0 Å². The predicted molar refractivity (Wildman–Crippen MR) is 59.6 cm³/mol. The minimum absolute atomic E-state index is 0.519. The second kappa shape index (κ2) is 3.63. The zero-order valence-corrected chi connectivity index (χ0v) is 9.74. The van der Waals surface area contributed by atoms with Gasteiger partial charge in [-0.25, -0.2) is 0 Å². The molecule has 1 nitrogen and oxygen atoms in total. The molecule has 14 heavy (non-hydrogen) atoms. The van der Waals surface area contributed by atoms with Gasteiger partial charge in [-0.3, -0.25) is 0 Å². The minimum atomic E-state index is -0.519. The molecule has 0 unspecified atom stereocenters. The van der Waals surface area contributed by atoms with Gasteiger partial charge in [0, 0.05) is 5.02 Å². The molecule has 0 heterocycles. The number of nitrogens with zero attached hydrogens (tertiary/aromatic N) is 1. The molecule has 1 aromatic carbocycles. The van der Waals surface area contributed by atoms with Crippen LogP contribution in [-0.2, 0) is 5.41 Å². The average molecular weight is 208 g/mol. The molecule has 1 aromatic rings. The number of rotatable bonds is 1. The summed E-state index contributed by atoms with van der Waals surface area (Å²) in [4.78, 5) is 0. The number of nitriles is 1. The third-order valence-electron chi connectivity index (χ3n) is 2.34. The fraction of sp³-hybridized carbons (Fsp3) is 0.417. The molecule has 0 aliphatic heterocycles. The van der Waals surface area contributed by atoms with Gasteiger partial charge in [0.25, 0.3) is 0 Å². The SMILES string of the molecule is Cc1cc(C)c(C(C)(C)C#N)c(Cl)c1. The molecule has 0 spiro atoms. The van der Waals surface area contributed by atoms with E-state index in [4.69, 9.17) is 16.9 Å². The molecule has 74 valence electrons. The molecule has 0 radical (unpaired) electrons. The molecular weight excluding hydrogens is 194 g/mol. The lowest BCUT2D eigenvalue weighted by Gasteiger charge is -2.20. The summed E-state index contributed by atoms with van der Waals surface area (Å²) in [5, 5.41) is 9.75. The Labute approximate surface area is 90.3 Å². The van der Waals surface area contributed by atoms with Crippen LogP contribution in [0.1, 0.15) is 30.5 Å². The van der Waals surface area contributed by atoms with Crippen LogP contribution in [0, 0.1) is 25.2 Å². The Morgan fingerprint density at radius 3 is 2.29 bits per heavy atom. The molecular formula is C12H14ClN. The Kier molecular flexibility index (Phi) is 2.87. The summed E-state index contributed by atoms with van der Waals surface area (Å²) in [5.74, 6) is 0. The van der Waals surface area contributed by atoms with Gasteiger partial charge in [-0.15, -0.1) is 0 Å². The first-order chi connectivity index (χ1) is 6.38. The fourth-order valence-electron chi connectivity index (χ4n) is 1.76. The fourth-order valence-corrected chi connectivity index (χ4v) is 2.32. The summed E-state index contributed by atoms with van der Waals surface area (Å²) in [6.45, 7) is 7.77. The van der Waals surface area contributed by atoms with Gasteiger partial charge in [-0.1, -0.05) is 17.7 Å². The Bertz CT molecular complexity index is 376. The molecule has 0 saturated heterocycles. The number of hydrogen-bond acceptors (Lipinski definition) is 1. The highest BCUT2D eigenvalue weighted by atomic mass is 35.5. The molecule has 2 heteroatoms. The molecule has 0 aromatic heterocycles. The first-order valence-corrected chi connectivity index (χ1v) is 4.95. The Balaban J connectivity index is 3.44. The molecule has 0 saturated carbocycles. The van der Waals surface area contributed by atoms with Crippen LogP contribution in [0.5, 0.6) is 0 Å². The van der Waals surface area contributed by atoms with Crippen molar-refractivity contribution in [2.75, 3.05) is 0 Å². The standard InChI is InChI=1S/C12H14ClN/c1-8-5-9(2)11(10(13)6-8)12(3,4)7-14/h5-6H,1-4H3. The van der Waals surface area contributed by atoms with Crippen LogP contribution in [0.2, 0.25) is 5.02 Å². The molecule has 0 aliphatic rings. The van der Waals surface area contributed by atoms with Gasteiger partial charge in [-0.2, -0.15) is 5.26 Å². The van der Waals surface area contributed by atoms with Gasteiger partial charge in [0.15, 0.2) is 0 Å². The smallest absolute Gasteiger partial charge is 0.0783 e. The van der Waals surface area contributed by atoms with Crippen LogP contribution in [0.25, 0.3) is 0 Å². The lowest BCUT2D eigenvalue weighted by atomic mass is 9.83. The summed E-state index contributed by atoms with van der Waals surface area (Å²) in [7, 11) is 0. The zero-order chi connectivity index (χ0) is 10.9. The highest BCUT2D eigenvalue weighted by Crippen LogP contribution is 2.32. The monoisotopic (exact) mass is 207 g/mol. The minimum Gasteiger partial charge on any atom is -0.197 e. The van der Waals surface area contributed by atoms with E-state index >= 15 is 0 Å². The number of aryl methyl sites for hydroxylation is 2. The molecule has 0 N–H and O–H groups in total. The van der Waals surface area contributed by atoms with Crippen molar-refractivity contribution in [2.45, 2.75) is 33.1 Å². The van der Waals surface area contributed by atoms with Gasteiger partial charge in [0.2, 0.25) is 0 Å². The molecule has 0 amide bonds. The Morgan fingerprint density at radius 2 is 1.86 bits per heavy atom. The summed E-state index contributed by atoms with van der Waals surface area (Å²) in [5.41, 5.74) is 2.63. The summed E-state index contributed by atoms with van der Waals surface area (Å²) in [6, 6.07) is 6.24. The molecule has 0 atom stereocenters. The van der Waals surface area contributed by atoms with E-state index in [0.717, 1.165) is 16.7 Å². The molecule has 0 aliphatic carbocycles. The van der Waals surface area contributed by atoms with E-state index < -0.39 is 5.41 Å². The first-order valence-electron chi connectivity index (χ1n) is 4.57. The number of halogens is 1. The van der Waals surface area contributed by atoms with E-state index in [9.17, 15) is 0 Å². The second-order valence-electron chi connectivity index (χ2n) is 4.18. The van der Waals surface area contributed by atoms with Crippen molar-refractivity contribution in [3.63, 3.8) is 0 Å². The number of hydrogen-bond donors (Lipinski definition) is 0. The van der Waals surface area contributed by atoms with E-state index in [0.29, 0.717) is 5.02 Å². The van der Waals surface area contributed by atoms with Crippen molar-refractivity contribution in [1.82, 2.24) is 0 Å². The van der Waals surface area contributed by atoms with Gasteiger partial charge < -0.3 is 0 Å². The largest absolute Gasteiger partial charge is 0.197 e. The Morgan fingerprint density at radius 1 is 1.29 bits per heavy atom. The average Bonchev–Trinajstić information content (AvgIpc) is 2.01. The van der Waals surface area contributed by atoms with Crippen molar-refractivity contribution in [1.29, 1.82) is 5.26 Å². The lowest BCUT2D eigenvalue weighted by Crippen LogP contribution is -2.16. The van der Waals surface area contributed by atoms with Gasteiger partial charge in [-0.05, 0) is 50.5 Å². The third-order valence-corrected chi connectivity index (χ3v) is 2.63. The van der Waals surface area contributed by atoms with Crippen molar-refractivity contribution >= 4 is 11.6 Å². The maximum Gasteiger partial charge on any atom is 0.0783 e. The van der Waals surface area contributed by atoms with E-state index in [1.165, 1.54) is 0 Å². The van der Waals surface area contributed by atoms with Crippen LogP contribution < -0.4 is 0 Å². The summed E-state index contributed by atoms with van der Waals surface area (Å²) >= 11 is 6.15. The first kappa shape index (κ1) is 11.1. The highest BCUT2D eigenvalue weighted by molar-refractivity contribution is 6.31. The van der Waals surface area contributed by atoms with Crippen molar-refractivity contribution in [2.24, 2.45) is 0 Å². The predicted octanol–water partition coefficient (Wildman–Crippen LogP) is 3.76. The third kappa shape index (κ3) is 1.91. The van der Waals surface area contributed by atoms with E-state index in [1.54, 1.807) is 0 Å². The summed E-state index contributed by atoms with van der Waals surface area (Å²) < 4.78 is 0. The number of benzene rings is 1. The quantitative estimate of drug-likeness (QED) is 0.688. The topological polar surface area (TPSA) is 23.8 Å². The van der Waals surface area contributed by atoms with E-state index in [-0.39, 0.29) is 0 Å². The van der Waals surface area contributed by atoms with Gasteiger partial charge in [0.05, 0.1) is 11.5 Å². The molecule has 0 bridgehead atoms. The van der Waals surface area contributed by atoms with Crippen molar-refractivity contribution in [3.8, 4) is 6.07 Å².